The van der Waals surface area contributed by atoms with Gasteiger partial charge in [0.25, 0.3) is 0 Å². The molecule has 0 bridgehead atoms. The van der Waals surface area contributed by atoms with Crippen LogP contribution in [0.4, 0.5) is 0 Å². The molecule has 3 aromatic rings. The van der Waals surface area contributed by atoms with Crippen molar-refractivity contribution in [1.29, 1.82) is 0 Å². The summed E-state index contributed by atoms with van der Waals surface area (Å²) in [6.07, 6.45) is 1.21. The summed E-state index contributed by atoms with van der Waals surface area (Å²) in [6, 6.07) is 3.97. The first kappa shape index (κ1) is 12.3. The van der Waals surface area contributed by atoms with Gasteiger partial charge in [-0.3, -0.25) is 4.98 Å². The van der Waals surface area contributed by atoms with Crippen molar-refractivity contribution in [3.8, 4) is 11.4 Å². The number of fused-ring (bicyclic) bond motifs is 1. The highest BCUT2D eigenvalue weighted by Crippen LogP contribution is 2.25. The molecule has 0 aliphatic rings. The molecule has 0 amide bonds. The van der Waals surface area contributed by atoms with Gasteiger partial charge in [0, 0.05) is 11.8 Å². The molecule has 2 unspecified atom stereocenters. The SMILES string of the molecule is CC(O)C(C)c1nc(-c2cnc3ccsc3c2)no1. The maximum absolute atomic E-state index is 9.53. The van der Waals surface area contributed by atoms with Crippen LogP contribution in [0.15, 0.2) is 28.2 Å². The minimum absolute atomic E-state index is 0.181. The molecule has 0 aromatic carbocycles. The third-order valence-corrected chi connectivity index (χ3v) is 3.97. The minimum Gasteiger partial charge on any atom is -0.393 e. The van der Waals surface area contributed by atoms with Crippen molar-refractivity contribution in [1.82, 2.24) is 15.1 Å². The average molecular weight is 275 g/mol. The Morgan fingerprint density at radius 3 is 3.00 bits per heavy atom. The molecule has 5 nitrogen and oxygen atoms in total. The predicted octanol–water partition coefficient (Wildman–Crippen LogP) is 2.83. The predicted molar refractivity (Wildman–Crippen MR) is 73.0 cm³/mol. The number of aliphatic hydroxyl groups is 1. The van der Waals surface area contributed by atoms with Gasteiger partial charge in [-0.2, -0.15) is 4.98 Å². The summed E-state index contributed by atoms with van der Waals surface area (Å²) in [6.45, 7) is 3.55. The van der Waals surface area contributed by atoms with Crippen molar-refractivity contribution in [3.63, 3.8) is 0 Å². The number of rotatable bonds is 3. The molecule has 3 rings (SSSR count). The van der Waals surface area contributed by atoms with E-state index in [0.717, 1.165) is 15.8 Å². The van der Waals surface area contributed by atoms with E-state index in [1.54, 1.807) is 24.5 Å². The van der Waals surface area contributed by atoms with E-state index in [-0.39, 0.29) is 5.92 Å². The highest BCUT2D eigenvalue weighted by atomic mass is 32.1. The maximum atomic E-state index is 9.53. The molecule has 0 fully saturated rings. The third kappa shape index (κ3) is 2.24. The van der Waals surface area contributed by atoms with Gasteiger partial charge in [0.05, 0.1) is 22.2 Å². The second-order valence-corrected chi connectivity index (χ2v) is 5.46. The number of pyridine rings is 1. The summed E-state index contributed by atoms with van der Waals surface area (Å²) < 4.78 is 6.28. The Morgan fingerprint density at radius 2 is 2.21 bits per heavy atom. The van der Waals surface area contributed by atoms with Gasteiger partial charge in [0.15, 0.2) is 0 Å². The van der Waals surface area contributed by atoms with Gasteiger partial charge in [0.1, 0.15) is 0 Å². The van der Waals surface area contributed by atoms with Crippen LogP contribution in [0.25, 0.3) is 21.6 Å². The van der Waals surface area contributed by atoms with Crippen LogP contribution in [0.3, 0.4) is 0 Å². The van der Waals surface area contributed by atoms with Gasteiger partial charge in [-0.05, 0) is 24.4 Å². The van der Waals surface area contributed by atoms with E-state index in [9.17, 15) is 5.11 Å². The highest BCUT2D eigenvalue weighted by molar-refractivity contribution is 7.17. The summed E-state index contributed by atoms with van der Waals surface area (Å²) in [5.74, 6) is 0.765. The highest BCUT2D eigenvalue weighted by Gasteiger charge is 2.19. The van der Waals surface area contributed by atoms with Gasteiger partial charge in [0.2, 0.25) is 11.7 Å². The topological polar surface area (TPSA) is 72.0 Å². The molecule has 0 radical (unpaired) electrons. The molecule has 0 aliphatic heterocycles. The lowest BCUT2D eigenvalue weighted by Crippen LogP contribution is -2.11. The molecule has 0 saturated heterocycles. The van der Waals surface area contributed by atoms with Gasteiger partial charge in [-0.1, -0.05) is 12.1 Å². The summed E-state index contributed by atoms with van der Waals surface area (Å²) >= 11 is 1.63. The molecule has 0 saturated carbocycles. The molecule has 19 heavy (non-hydrogen) atoms. The molecule has 1 N–H and O–H groups in total. The van der Waals surface area contributed by atoms with E-state index < -0.39 is 6.10 Å². The van der Waals surface area contributed by atoms with Crippen LogP contribution in [-0.2, 0) is 0 Å². The van der Waals surface area contributed by atoms with E-state index in [0.29, 0.717) is 11.7 Å². The van der Waals surface area contributed by atoms with Crippen molar-refractivity contribution < 1.29 is 9.63 Å². The molecule has 3 aromatic heterocycles. The van der Waals surface area contributed by atoms with Crippen molar-refractivity contribution in [2.75, 3.05) is 0 Å². The van der Waals surface area contributed by atoms with Crippen LogP contribution >= 0.6 is 11.3 Å². The van der Waals surface area contributed by atoms with Gasteiger partial charge in [-0.15, -0.1) is 11.3 Å². The summed E-state index contributed by atoms with van der Waals surface area (Å²) in [4.78, 5) is 8.67. The van der Waals surface area contributed by atoms with E-state index in [4.69, 9.17) is 4.52 Å². The molecular weight excluding hydrogens is 262 g/mol. The van der Waals surface area contributed by atoms with E-state index in [1.807, 2.05) is 24.4 Å². The third-order valence-electron chi connectivity index (χ3n) is 3.12. The molecule has 6 heteroatoms. The van der Waals surface area contributed by atoms with Crippen LogP contribution < -0.4 is 0 Å². The van der Waals surface area contributed by atoms with Crippen LogP contribution in [0.1, 0.15) is 25.7 Å². The zero-order valence-electron chi connectivity index (χ0n) is 10.6. The van der Waals surface area contributed by atoms with E-state index in [1.165, 1.54) is 0 Å². The fraction of sp³-hybridized carbons (Fsp3) is 0.308. The van der Waals surface area contributed by atoms with Crippen molar-refractivity contribution in [2.24, 2.45) is 0 Å². The van der Waals surface area contributed by atoms with Crippen molar-refractivity contribution >= 4 is 21.6 Å². The monoisotopic (exact) mass is 275 g/mol. The Balaban J connectivity index is 1.97. The standard InChI is InChI=1S/C13H13N3O2S/c1-7(8(2)17)13-15-12(16-18-13)9-5-11-10(14-6-9)3-4-19-11/h3-8,17H,1-2H3. The number of hydrogen-bond donors (Lipinski definition) is 1. The maximum Gasteiger partial charge on any atom is 0.232 e. The number of aromatic nitrogens is 3. The smallest absolute Gasteiger partial charge is 0.232 e. The van der Waals surface area contributed by atoms with Crippen LogP contribution in [0.2, 0.25) is 0 Å². The average Bonchev–Trinajstić information content (AvgIpc) is 3.05. The fourth-order valence-corrected chi connectivity index (χ4v) is 2.49. The second-order valence-electron chi connectivity index (χ2n) is 4.51. The summed E-state index contributed by atoms with van der Waals surface area (Å²) in [5.41, 5.74) is 1.79. The summed E-state index contributed by atoms with van der Waals surface area (Å²) in [7, 11) is 0. The molecule has 2 atom stereocenters. The Hall–Kier alpha value is -1.79. The van der Waals surface area contributed by atoms with Gasteiger partial charge < -0.3 is 9.63 Å². The Morgan fingerprint density at radius 1 is 1.37 bits per heavy atom. The first-order valence-electron chi connectivity index (χ1n) is 6.00. The molecule has 0 spiro atoms. The molecular formula is C13H13N3O2S. The summed E-state index contributed by atoms with van der Waals surface area (Å²) in [5, 5.41) is 15.5. The van der Waals surface area contributed by atoms with Crippen molar-refractivity contribution in [2.45, 2.75) is 25.9 Å². The van der Waals surface area contributed by atoms with Gasteiger partial charge in [-0.25, -0.2) is 0 Å². The van der Waals surface area contributed by atoms with Crippen LogP contribution in [0, 0.1) is 0 Å². The lowest BCUT2D eigenvalue weighted by atomic mass is 10.1. The quantitative estimate of drug-likeness (QED) is 0.795. The first-order valence-corrected chi connectivity index (χ1v) is 6.88. The number of hydrogen-bond acceptors (Lipinski definition) is 6. The molecule has 3 heterocycles. The zero-order valence-corrected chi connectivity index (χ0v) is 11.4. The van der Waals surface area contributed by atoms with E-state index >= 15 is 0 Å². The number of nitrogens with zero attached hydrogens (tertiary/aromatic N) is 3. The largest absolute Gasteiger partial charge is 0.393 e. The van der Waals surface area contributed by atoms with Crippen molar-refractivity contribution in [3.05, 3.63) is 29.6 Å². The number of thiophene rings is 1. The number of aliphatic hydroxyl groups excluding tert-OH is 1. The Kier molecular flexibility index (Phi) is 3.04. The van der Waals surface area contributed by atoms with Crippen LogP contribution in [-0.4, -0.2) is 26.3 Å². The molecule has 98 valence electrons. The lowest BCUT2D eigenvalue weighted by molar-refractivity contribution is 0.151. The lowest BCUT2D eigenvalue weighted by Gasteiger charge is -2.07. The van der Waals surface area contributed by atoms with Crippen LogP contribution in [0.5, 0.6) is 0 Å². The van der Waals surface area contributed by atoms with Gasteiger partial charge >= 0.3 is 0 Å². The molecule has 0 aliphatic carbocycles. The fourth-order valence-electron chi connectivity index (χ4n) is 1.71. The Labute approximate surface area is 113 Å². The normalized spacial score (nSPS) is 14.7. The second kappa shape index (κ2) is 4.71. The van der Waals surface area contributed by atoms with E-state index in [2.05, 4.69) is 15.1 Å². The Bertz CT molecular complexity index is 705. The first-order chi connectivity index (χ1) is 9.15. The zero-order chi connectivity index (χ0) is 13.4. The minimum atomic E-state index is -0.522.